The predicted octanol–water partition coefficient (Wildman–Crippen LogP) is 5.45. The van der Waals surface area contributed by atoms with Crippen LogP contribution in [0.4, 0.5) is 5.00 Å². The summed E-state index contributed by atoms with van der Waals surface area (Å²) in [4.78, 5) is 24.7. The second-order valence-electron chi connectivity index (χ2n) is 12.1. The van der Waals surface area contributed by atoms with Crippen LogP contribution in [0.3, 0.4) is 0 Å². The third kappa shape index (κ3) is 5.80. The summed E-state index contributed by atoms with van der Waals surface area (Å²) in [5, 5.41) is 28.7. The normalized spacial score (nSPS) is 20.6. The SMILES string of the molecule is CCCCc1c(-c2nc(O[C@@H](C)[C@@H]3[C@@H](C)CCN3C)cc(-n3ccc(C(=O)O)n3)n2)noc1[C@H]1CCCc2sc(N)c(C#N)c21. The predicted molar refractivity (Wildman–Crippen MR) is 169 cm³/mol. The zero-order chi connectivity index (χ0) is 31.8. The maximum Gasteiger partial charge on any atom is 0.356 e. The Bertz CT molecular complexity index is 1740. The number of ether oxygens (including phenoxy) is 1. The van der Waals surface area contributed by atoms with Gasteiger partial charge in [-0.15, -0.1) is 11.3 Å². The van der Waals surface area contributed by atoms with Gasteiger partial charge in [0.25, 0.3) is 0 Å². The van der Waals surface area contributed by atoms with Crippen molar-refractivity contribution in [3.05, 3.63) is 51.4 Å². The second kappa shape index (κ2) is 12.6. The maximum atomic E-state index is 11.6. The quantitative estimate of drug-likeness (QED) is 0.228. The number of thiophene rings is 1. The van der Waals surface area contributed by atoms with Crippen molar-refractivity contribution in [3.8, 4) is 29.3 Å². The summed E-state index contributed by atoms with van der Waals surface area (Å²) in [6.45, 7) is 7.40. The van der Waals surface area contributed by atoms with Gasteiger partial charge in [-0.3, -0.25) is 4.90 Å². The molecule has 12 nitrogen and oxygen atoms in total. The molecule has 236 valence electrons. The molecule has 4 atom stereocenters. The summed E-state index contributed by atoms with van der Waals surface area (Å²) < 4.78 is 14.0. The number of unbranched alkanes of at least 4 members (excludes halogenated alkanes) is 1. The minimum atomic E-state index is -1.13. The first-order chi connectivity index (χ1) is 21.7. The van der Waals surface area contributed by atoms with Gasteiger partial charge in [-0.05, 0) is 76.6 Å². The number of carbonyl (C=O) groups is 1. The van der Waals surface area contributed by atoms with Crippen LogP contribution in [0.15, 0.2) is 22.9 Å². The van der Waals surface area contributed by atoms with E-state index in [0.717, 1.165) is 61.1 Å². The van der Waals surface area contributed by atoms with Crippen molar-refractivity contribution in [1.29, 1.82) is 5.26 Å². The van der Waals surface area contributed by atoms with Gasteiger partial charge in [0.05, 0.1) is 5.56 Å². The van der Waals surface area contributed by atoms with E-state index in [1.165, 1.54) is 22.1 Å². The van der Waals surface area contributed by atoms with Gasteiger partial charge in [0.2, 0.25) is 5.88 Å². The number of likely N-dealkylation sites (tertiary alicyclic amines) is 1. The molecule has 2 aliphatic rings. The highest BCUT2D eigenvalue weighted by atomic mass is 32.1. The molecule has 0 unspecified atom stereocenters. The average molecular weight is 631 g/mol. The number of likely N-dealkylation sites (N-methyl/N-ethyl adjacent to an activating group) is 1. The lowest BCUT2D eigenvalue weighted by atomic mass is 9.81. The molecule has 1 saturated heterocycles. The van der Waals surface area contributed by atoms with Gasteiger partial charge >= 0.3 is 5.97 Å². The Morgan fingerprint density at radius 3 is 2.87 bits per heavy atom. The van der Waals surface area contributed by atoms with Gasteiger partial charge in [-0.25, -0.2) is 14.5 Å². The molecule has 45 heavy (non-hydrogen) atoms. The Morgan fingerprint density at radius 2 is 2.18 bits per heavy atom. The van der Waals surface area contributed by atoms with Gasteiger partial charge in [-0.1, -0.05) is 25.4 Å². The Hall–Kier alpha value is -4.28. The van der Waals surface area contributed by atoms with Crippen molar-refractivity contribution in [2.75, 3.05) is 19.3 Å². The molecule has 6 rings (SSSR count). The van der Waals surface area contributed by atoms with Crippen LogP contribution in [0.2, 0.25) is 0 Å². The number of aromatic carboxylic acids is 1. The van der Waals surface area contributed by atoms with Gasteiger partial charge in [0.15, 0.2) is 23.0 Å². The standard InChI is InChI=1S/C32H38N8O4S/c1-5-6-8-20-27(38-44-29(20)19-9-7-10-23-26(19)21(16-33)30(34)45-23)31-35-24(40-14-12-22(37-40)32(41)42)15-25(36-31)43-18(3)28-17(2)11-13-39(28)4/h12,14-15,17-19,28H,5-11,13,34H2,1-4H3,(H,41,42)/t17-,18-,19-,28-/m0/s1. The molecule has 4 aromatic rings. The maximum absolute atomic E-state index is 11.6. The van der Waals surface area contributed by atoms with Crippen LogP contribution in [0.5, 0.6) is 5.88 Å². The number of nitriles is 1. The summed E-state index contributed by atoms with van der Waals surface area (Å²) in [6, 6.07) is 5.62. The van der Waals surface area contributed by atoms with E-state index in [0.29, 0.717) is 51.9 Å². The molecular formula is C32H38N8O4S. The number of carboxylic acid groups (broad SMARTS) is 1. The number of hydrogen-bond acceptors (Lipinski definition) is 11. The highest BCUT2D eigenvalue weighted by Crippen LogP contribution is 2.47. The second-order valence-corrected chi connectivity index (χ2v) is 13.2. The first kappa shape index (κ1) is 30.7. The number of hydrogen-bond donors (Lipinski definition) is 2. The number of nitrogens with two attached hydrogens (primary N) is 1. The number of carboxylic acids is 1. The highest BCUT2D eigenvalue weighted by Gasteiger charge is 2.36. The van der Waals surface area contributed by atoms with Gasteiger partial charge < -0.3 is 20.1 Å². The Balaban J connectivity index is 1.46. The van der Waals surface area contributed by atoms with Crippen molar-refractivity contribution in [2.45, 2.75) is 83.8 Å². The van der Waals surface area contributed by atoms with E-state index in [9.17, 15) is 15.2 Å². The number of nitrogens with zero attached hydrogens (tertiary/aromatic N) is 7. The molecule has 5 heterocycles. The summed E-state index contributed by atoms with van der Waals surface area (Å²) in [5.41, 5.74) is 9.05. The smallest absolute Gasteiger partial charge is 0.356 e. The van der Waals surface area contributed by atoms with E-state index in [2.05, 4.69) is 42.1 Å². The first-order valence-corrected chi connectivity index (χ1v) is 16.4. The molecule has 0 amide bonds. The minimum Gasteiger partial charge on any atom is -0.476 e. The molecule has 13 heteroatoms. The number of anilines is 1. The fourth-order valence-electron chi connectivity index (χ4n) is 6.93. The Labute approximate surface area is 265 Å². The molecule has 1 aliphatic heterocycles. The van der Waals surface area contributed by atoms with Gasteiger partial charge in [0.1, 0.15) is 22.9 Å². The molecule has 0 bridgehead atoms. The van der Waals surface area contributed by atoms with Crippen molar-refractivity contribution in [2.24, 2.45) is 5.92 Å². The number of fused-ring (bicyclic) bond motifs is 1. The topological polar surface area (TPSA) is 169 Å². The highest BCUT2D eigenvalue weighted by molar-refractivity contribution is 7.16. The van der Waals surface area contributed by atoms with Crippen LogP contribution in [-0.2, 0) is 12.8 Å². The third-order valence-electron chi connectivity index (χ3n) is 9.08. The van der Waals surface area contributed by atoms with Crippen LogP contribution < -0.4 is 10.5 Å². The van der Waals surface area contributed by atoms with Crippen molar-refractivity contribution in [1.82, 2.24) is 29.8 Å². The van der Waals surface area contributed by atoms with E-state index >= 15 is 0 Å². The lowest BCUT2D eigenvalue weighted by Gasteiger charge is -2.29. The lowest BCUT2D eigenvalue weighted by molar-refractivity contribution is 0.0690. The number of aryl methyl sites for hydroxylation is 1. The van der Waals surface area contributed by atoms with Crippen molar-refractivity contribution in [3.63, 3.8) is 0 Å². The Kier molecular flexibility index (Phi) is 8.61. The van der Waals surface area contributed by atoms with Crippen LogP contribution in [0, 0.1) is 17.2 Å². The van der Waals surface area contributed by atoms with E-state index in [4.69, 9.17) is 25.0 Å². The zero-order valence-electron chi connectivity index (χ0n) is 26.0. The summed E-state index contributed by atoms with van der Waals surface area (Å²) >= 11 is 1.49. The minimum absolute atomic E-state index is 0.101. The molecule has 0 spiro atoms. The molecule has 0 saturated carbocycles. The summed E-state index contributed by atoms with van der Waals surface area (Å²) in [6.07, 6.45) is 7.67. The number of rotatable bonds is 10. The van der Waals surface area contributed by atoms with Crippen molar-refractivity contribution < 1.29 is 19.2 Å². The third-order valence-corrected chi connectivity index (χ3v) is 10.2. The van der Waals surface area contributed by atoms with Gasteiger partial charge in [-0.2, -0.15) is 15.3 Å². The number of nitrogen functional groups attached to an aromatic ring is 1. The zero-order valence-corrected chi connectivity index (χ0v) is 26.8. The summed E-state index contributed by atoms with van der Waals surface area (Å²) in [5.74, 6) is 0.888. The molecule has 1 fully saturated rings. The van der Waals surface area contributed by atoms with Crippen LogP contribution in [0.1, 0.15) is 96.6 Å². The molecule has 3 N–H and O–H groups in total. The molecule has 0 aromatic carbocycles. The van der Waals surface area contributed by atoms with Crippen molar-refractivity contribution >= 4 is 22.3 Å². The summed E-state index contributed by atoms with van der Waals surface area (Å²) in [7, 11) is 2.11. The average Bonchev–Trinajstić information content (AvgIpc) is 3.80. The van der Waals surface area contributed by atoms with Gasteiger partial charge in [0, 0.05) is 34.7 Å². The van der Waals surface area contributed by atoms with E-state index in [1.807, 2.05) is 6.92 Å². The van der Waals surface area contributed by atoms with E-state index in [-0.39, 0.29) is 23.8 Å². The molecule has 4 aromatic heterocycles. The first-order valence-electron chi connectivity index (χ1n) is 15.5. The molecule has 0 radical (unpaired) electrons. The van der Waals surface area contributed by atoms with Crippen LogP contribution >= 0.6 is 11.3 Å². The van der Waals surface area contributed by atoms with E-state index < -0.39 is 5.97 Å². The van der Waals surface area contributed by atoms with Crippen LogP contribution in [0.25, 0.3) is 17.3 Å². The fourth-order valence-corrected chi connectivity index (χ4v) is 8.05. The number of aromatic nitrogens is 5. The largest absolute Gasteiger partial charge is 0.476 e. The lowest BCUT2D eigenvalue weighted by Crippen LogP contribution is -2.41. The van der Waals surface area contributed by atoms with E-state index in [1.54, 1.807) is 12.3 Å². The Morgan fingerprint density at radius 1 is 1.36 bits per heavy atom. The fraction of sp³-hybridized carbons (Fsp3) is 0.500. The van der Waals surface area contributed by atoms with Crippen LogP contribution in [-0.4, -0.2) is 66.6 Å². The monoisotopic (exact) mass is 630 g/mol. The molecule has 1 aliphatic carbocycles. The molecular weight excluding hydrogens is 592 g/mol.